The number of halogens is 2. The molecule has 2 aromatic rings. The first-order valence-corrected chi connectivity index (χ1v) is 7.25. The first kappa shape index (κ1) is 14.4. The van der Waals surface area contributed by atoms with Gasteiger partial charge in [0.25, 0.3) is 0 Å². The zero-order valence-electron chi connectivity index (χ0n) is 11.6. The van der Waals surface area contributed by atoms with Crippen molar-refractivity contribution in [3.63, 3.8) is 0 Å². The van der Waals surface area contributed by atoms with Gasteiger partial charge in [0.1, 0.15) is 17.8 Å². The minimum Gasteiger partial charge on any atom is -0.479 e. The molecule has 21 heavy (non-hydrogen) atoms. The van der Waals surface area contributed by atoms with E-state index in [-0.39, 0.29) is 17.8 Å². The monoisotopic (exact) mass is 310 g/mol. The second-order valence-corrected chi connectivity index (χ2v) is 5.60. The van der Waals surface area contributed by atoms with Crippen molar-refractivity contribution in [1.29, 1.82) is 0 Å². The third-order valence-electron chi connectivity index (χ3n) is 3.69. The van der Waals surface area contributed by atoms with Crippen LogP contribution in [0.3, 0.4) is 0 Å². The average Bonchev–Trinajstić information content (AvgIpc) is 3.14. The molecule has 0 aliphatic carbocycles. The second-order valence-electron chi connectivity index (χ2n) is 5.19. The van der Waals surface area contributed by atoms with Crippen LogP contribution in [0.2, 0.25) is 5.02 Å². The Bertz CT molecular complexity index is 612. The number of aryl methyl sites for hydroxylation is 1. The molecular weight excluding hydrogens is 295 g/mol. The number of aromatic nitrogens is 1. The molecular formula is C15H16ClFN2O2. The first-order chi connectivity index (χ1) is 10.1. The van der Waals surface area contributed by atoms with Crippen LogP contribution in [0.25, 0.3) is 0 Å². The summed E-state index contributed by atoms with van der Waals surface area (Å²) in [5, 5.41) is 3.66. The van der Waals surface area contributed by atoms with Gasteiger partial charge in [-0.3, -0.25) is 0 Å². The molecule has 112 valence electrons. The lowest BCUT2D eigenvalue weighted by atomic mass is 10.0. The normalized spacial score (nSPS) is 19.7. The van der Waals surface area contributed by atoms with Gasteiger partial charge in [0, 0.05) is 18.5 Å². The minimum atomic E-state index is -0.380. The SMILES string of the molecule is Cc1cc(Cl)c(O[C@H](c2ncco2)[C@@H]2CCNC2)cc1F. The van der Waals surface area contributed by atoms with E-state index in [9.17, 15) is 4.39 Å². The molecule has 0 radical (unpaired) electrons. The summed E-state index contributed by atoms with van der Waals surface area (Å²) < 4.78 is 25.1. The van der Waals surface area contributed by atoms with Gasteiger partial charge in [-0.2, -0.15) is 0 Å². The Morgan fingerprint density at radius 2 is 2.38 bits per heavy atom. The standard InChI is InChI=1S/C15H16ClFN2O2/c1-9-6-11(16)13(7-12(9)17)21-14(10-2-3-18-8-10)15-19-4-5-20-15/h4-7,10,14,18H,2-3,8H2,1H3/t10-,14+/m1/s1. The summed E-state index contributed by atoms with van der Waals surface area (Å²) in [6.07, 6.45) is 3.64. The van der Waals surface area contributed by atoms with E-state index < -0.39 is 0 Å². The van der Waals surface area contributed by atoms with Gasteiger partial charge in [0.15, 0.2) is 6.10 Å². The number of hydrogen-bond acceptors (Lipinski definition) is 4. The smallest absolute Gasteiger partial charge is 0.235 e. The summed E-state index contributed by atoms with van der Waals surface area (Å²) >= 11 is 6.16. The Morgan fingerprint density at radius 3 is 3.05 bits per heavy atom. The number of nitrogens with one attached hydrogen (secondary N) is 1. The summed E-state index contributed by atoms with van der Waals surface area (Å²) in [6, 6.07) is 2.88. The molecule has 0 amide bonds. The lowest BCUT2D eigenvalue weighted by Crippen LogP contribution is -2.22. The Morgan fingerprint density at radius 1 is 1.52 bits per heavy atom. The van der Waals surface area contributed by atoms with Crippen LogP contribution in [0.1, 0.15) is 24.0 Å². The molecule has 6 heteroatoms. The van der Waals surface area contributed by atoms with Gasteiger partial charge in [-0.25, -0.2) is 9.37 Å². The first-order valence-electron chi connectivity index (χ1n) is 6.87. The molecule has 0 spiro atoms. The highest BCUT2D eigenvalue weighted by Gasteiger charge is 2.32. The number of rotatable bonds is 4. The zero-order valence-corrected chi connectivity index (χ0v) is 12.4. The van der Waals surface area contributed by atoms with Gasteiger partial charge in [0.2, 0.25) is 5.89 Å². The van der Waals surface area contributed by atoms with Crippen LogP contribution in [0.5, 0.6) is 5.75 Å². The molecule has 1 aromatic carbocycles. The van der Waals surface area contributed by atoms with Crippen LogP contribution < -0.4 is 10.1 Å². The average molecular weight is 311 g/mol. The topological polar surface area (TPSA) is 47.3 Å². The van der Waals surface area contributed by atoms with Gasteiger partial charge in [-0.15, -0.1) is 0 Å². The Balaban J connectivity index is 1.89. The van der Waals surface area contributed by atoms with Gasteiger partial charge in [-0.05, 0) is 31.5 Å². The summed E-state index contributed by atoms with van der Waals surface area (Å²) in [5.41, 5.74) is 0.488. The zero-order chi connectivity index (χ0) is 14.8. The third kappa shape index (κ3) is 3.04. The van der Waals surface area contributed by atoms with Gasteiger partial charge in [-0.1, -0.05) is 11.6 Å². The molecule has 1 aliphatic rings. The largest absolute Gasteiger partial charge is 0.479 e. The summed E-state index contributed by atoms with van der Waals surface area (Å²) in [6.45, 7) is 3.39. The molecule has 2 heterocycles. The van der Waals surface area contributed by atoms with E-state index >= 15 is 0 Å². The quantitative estimate of drug-likeness (QED) is 0.939. The summed E-state index contributed by atoms with van der Waals surface area (Å²) in [7, 11) is 0. The van der Waals surface area contributed by atoms with E-state index in [1.165, 1.54) is 12.3 Å². The van der Waals surface area contributed by atoms with Crippen molar-refractivity contribution in [2.24, 2.45) is 5.92 Å². The molecule has 2 atom stereocenters. The van der Waals surface area contributed by atoms with Crippen molar-refractivity contribution >= 4 is 11.6 Å². The fourth-order valence-corrected chi connectivity index (χ4v) is 2.78. The molecule has 1 aromatic heterocycles. The van der Waals surface area contributed by atoms with Crippen LogP contribution in [0.4, 0.5) is 4.39 Å². The fourth-order valence-electron chi connectivity index (χ4n) is 2.51. The van der Waals surface area contributed by atoms with Crippen LogP contribution in [-0.4, -0.2) is 18.1 Å². The summed E-state index contributed by atoms with van der Waals surface area (Å²) in [4.78, 5) is 4.17. The third-order valence-corrected chi connectivity index (χ3v) is 3.98. The Labute approximate surface area is 127 Å². The number of benzene rings is 1. The van der Waals surface area contributed by atoms with E-state index in [1.807, 2.05) is 0 Å². The Hall–Kier alpha value is -1.59. The highest BCUT2D eigenvalue weighted by molar-refractivity contribution is 6.32. The maximum Gasteiger partial charge on any atom is 0.235 e. The maximum atomic E-state index is 13.7. The van der Waals surface area contributed by atoms with Crippen molar-refractivity contribution in [3.8, 4) is 5.75 Å². The predicted octanol–water partition coefficient (Wildman–Crippen LogP) is 3.51. The van der Waals surface area contributed by atoms with Gasteiger partial charge in [0.05, 0.1) is 11.2 Å². The van der Waals surface area contributed by atoms with E-state index in [1.54, 1.807) is 19.2 Å². The van der Waals surface area contributed by atoms with E-state index in [0.29, 0.717) is 22.2 Å². The van der Waals surface area contributed by atoms with Crippen LogP contribution in [0.15, 0.2) is 29.0 Å². The Kier molecular flexibility index (Phi) is 4.12. The second kappa shape index (κ2) is 6.03. The molecule has 0 saturated carbocycles. The number of ether oxygens (including phenoxy) is 1. The van der Waals surface area contributed by atoms with Crippen LogP contribution in [0, 0.1) is 18.7 Å². The van der Waals surface area contributed by atoms with E-state index in [4.69, 9.17) is 20.8 Å². The molecule has 3 rings (SSSR count). The molecule has 4 nitrogen and oxygen atoms in total. The molecule has 1 aliphatic heterocycles. The van der Waals surface area contributed by atoms with Crippen LogP contribution >= 0.6 is 11.6 Å². The van der Waals surface area contributed by atoms with Crippen molar-refractivity contribution < 1.29 is 13.5 Å². The number of hydrogen-bond donors (Lipinski definition) is 1. The lowest BCUT2D eigenvalue weighted by Gasteiger charge is -2.22. The van der Waals surface area contributed by atoms with Gasteiger partial charge >= 0.3 is 0 Å². The molecule has 1 saturated heterocycles. The molecule has 0 unspecified atom stereocenters. The highest BCUT2D eigenvalue weighted by atomic mass is 35.5. The van der Waals surface area contributed by atoms with E-state index in [0.717, 1.165) is 19.5 Å². The highest BCUT2D eigenvalue weighted by Crippen LogP contribution is 2.35. The van der Waals surface area contributed by atoms with Crippen molar-refractivity contribution in [2.75, 3.05) is 13.1 Å². The fraction of sp³-hybridized carbons (Fsp3) is 0.400. The van der Waals surface area contributed by atoms with Gasteiger partial charge < -0.3 is 14.5 Å². The molecule has 0 bridgehead atoms. The predicted molar refractivity (Wildman–Crippen MR) is 77.0 cm³/mol. The minimum absolute atomic E-state index is 0.212. The number of oxazole rings is 1. The molecule has 1 fully saturated rings. The lowest BCUT2D eigenvalue weighted by molar-refractivity contribution is 0.114. The number of nitrogens with zero attached hydrogens (tertiary/aromatic N) is 1. The van der Waals surface area contributed by atoms with Crippen molar-refractivity contribution in [1.82, 2.24) is 10.3 Å². The van der Waals surface area contributed by atoms with Crippen LogP contribution in [-0.2, 0) is 0 Å². The van der Waals surface area contributed by atoms with Crippen molar-refractivity contribution in [3.05, 3.63) is 46.9 Å². The van der Waals surface area contributed by atoms with Crippen molar-refractivity contribution in [2.45, 2.75) is 19.4 Å². The molecule has 1 N–H and O–H groups in total. The maximum absolute atomic E-state index is 13.7. The van der Waals surface area contributed by atoms with E-state index in [2.05, 4.69) is 10.3 Å². The summed E-state index contributed by atoms with van der Waals surface area (Å²) in [5.74, 6) is 0.671.